The molecular formula is C16H20ClN. The largest absolute Gasteiger partial charge is 0.256 e. The second-order valence-corrected chi connectivity index (χ2v) is 6.43. The Morgan fingerprint density at radius 1 is 1.22 bits per heavy atom. The van der Waals surface area contributed by atoms with Gasteiger partial charge in [0.2, 0.25) is 0 Å². The Labute approximate surface area is 114 Å². The normalized spacial score (nSPS) is 13.8. The number of aromatic nitrogens is 1. The standard InChI is InChI=1S/C16H20ClN/c1-16(2,3)15(17)9-7-12-6-8-14-13(11-12)5-4-10-18-14/h4-6,8,10-11,15H,7,9H2,1-3H3. The lowest BCUT2D eigenvalue weighted by Crippen LogP contribution is -2.21. The van der Waals surface area contributed by atoms with Gasteiger partial charge in [0.15, 0.2) is 0 Å². The van der Waals surface area contributed by atoms with Gasteiger partial charge in [-0.2, -0.15) is 0 Å². The topological polar surface area (TPSA) is 12.9 Å². The van der Waals surface area contributed by atoms with Gasteiger partial charge < -0.3 is 0 Å². The fourth-order valence-electron chi connectivity index (χ4n) is 2.01. The van der Waals surface area contributed by atoms with Crippen LogP contribution < -0.4 is 0 Å². The molecule has 0 bridgehead atoms. The summed E-state index contributed by atoms with van der Waals surface area (Å²) in [6.07, 6.45) is 3.86. The molecule has 1 heterocycles. The zero-order chi connectivity index (χ0) is 13.2. The smallest absolute Gasteiger partial charge is 0.0702 e. The first-order chi connectivity index (χ1) is 8.47. The third-order valence-electron chi connectivity index (χ3n) is 3.29. The lowest BCUT2D eigenvalue weighted by molar-refractivity contribution is 0.374. The van der Waals surface area contributed by atoms with Gasteiger partial charge in [-0.3, -0.25) is 4.98 Å². The molecule has 0 saturated heterocycles. The summed E-state index contributed by atoms with van der Waals surface area (Å²) in [6.45, 7) is 6.57. The monoisotopic (exact) mass is 261 g/mol. The number of aryl methyl sites for hydroxylation is 1. The van der Waals surface area contributed by atoms with E-state index < -0.39 is 0 Å². The van der Waals surface area contributed by atoms with E-state index >= 15 is 0 Å². The van der Waals surface area contributed by atoms with Crippen molar-refractivity contribution in [3.63, 3.8) is 0 Å². The highest BCUT2D eigenvalue weighted by molar-refractivity contribution is 6.21. The number of halogens is 1. The van der Waals surface area contributed by atoms with Gasteiger partial charge in [0.1, 0.15) is 0 Å². The summed E-state index contributed by atoms with van der Waals surface area (Å²) in [5, 5.41) is 1.42. The molecule has 0 spiro atoms. The molecule has 2 heteroatoms. The van der Waals surface area contributed by atoms with Crippen LogP contribution in [0.15, 0.2) is 36.5 Å². The van der Waals surface area contributed by atoms with E-state index in [1.54, 1.807) is 0 Å². The molecule has 96 valence electrons. The van der Waals surface area contributed by atoms with Crippen molar-refractivity contribution in [2.75, 3.05) is 0 Å². The number of alkyl halides is 1. The Balaban J connectivity index is 2.08. The van der Waals surface area contributed by atoms with E-state index in [0.29, 0.717) is 0 Å². The number of nitrogens with zero attached hydrogens (tertiary/aromatic N) is 1. The Hall–Kier alpha value is -1.08. The maximum absolute atomic E-state index is 6.41. The second kappa shape index (κ2) is 5.27. The Morgan fingerprint density at radius 3 is 2.72 bits per heavy atom. The summed E-state index contributed by atoms with van der Waals surface area (Å²) in [5.74, 6) is 0. The molecule has 0 aliphatic heterocycles. The van der Waals surface area contributed by atoms with Crippen molar-refractivity contribution < 1.29 is 0 Å². The van der Waals surface area contributed by atoms with Gasteiger partial charge in [0, 0.05) is 17.0 Å². The minimum atomic E-state index is 0.167. The number of hydrogen-bond donors (Lipinski definition) is 0. The molecule has 2 rings (SSSR count). The Bertz CT molecular complexity index is 528. The maximum atomic E-state index is 6.41. The fraction of sp³-hybridized carbons (Fsp3) is 0.438. The predicted molar refractivity (Wildman–Crippen MR) is 79.2 cm³/mol. The second-order valence-electron chi connectivity index (χ2n) is 5.90. The summed E-state index contributed by atoms with van der Waals surface area (Å²) < 4.78 is 0. The van der Waals surface area contributed by atoms with Crippen LogP contribution in [0.5, 0.6) is 0 Å². The van der Waals surface area contributed by atoms with Gasteiger partial charge in [-0.25, -0.2) is 0 Å². The van der Waals surface area contributed by atoms with Crippen molar-refractivity contribution in [2.24, 2.45) is 5.41 Å². The molecule has 2 aromatic rings. The number of pyridine rings is 1. The first-order valence-corrected chi connectivity index (χ1v) is 6.88. The molecular weight excluding hydrogens is 242 g/mol. The van der Waals surface area contributed by atoms with Crippen LogP contribution in [0.4, 0.5) is 0 Å². The third-order valence-corrected chi connectivity index (χ3v) is 4.17. The molecule has 0 aliphatic rings. The summed E-state index contributed by atoms with van der Waals surface area (Å²) in [6, 6.07) is 10.5. The molecule has 1 atom stereocenters. The zero-order valence-corrected chi connectivity index (χ0v) is 12.0. The molecule has 0 amide bonds. The van der Waals surface area contributed by atoms with Crippen molar-refractivity contribution in [2.45, 2.75) is 39.0 Å². The highest BCUT2D eigenvalue weighted by Crippen LogP contribution is 2.28. The fourth-order valence-corrected chi connectivity index (χ4v) is 2.12. The van der Waals surface area contributed by atoms with Gasteiger partial charge in [-0.05, 0) is 42.0 Å². The van der Waals surface area contributed by atoms with Crippen molar-refractivity contribution >= 4 is 22.5 Å². The Morgan fingerprint density at radius 2 is 2.00 bits per heavy atom. The predicted octanol–water partition coefficient (Wildman–Crippen LogP) is 4.82. The van der Waals surface area contributed by atoms with Crippen molar-refractivity contribution in [3.8, 4) is 0 Å². The van der Waals surface area contributed by atoms with E-state index in [9.17, 15) is 0 Å². The molecule has 18 heavy (non-hydrogen) atoms. The van der Waals surface area contributed by atoms with Crippen LogP contribution in [-0.2, 0) is 6.42 Å². The van der Waals surface area contributed by atoms with Crippen LogP contribution in [0.3, 0.4) is 0 Å². The van der Waals surface area contributed by atoms with E-state index in [-0.39, 0.29) is 10.8 Å². The van der Waals surface area contributed by atoms with E-state index in [0.717, 1.165) is 18.4 Å². The van der Waals surface area contributed by atoms with Gasteiger partial charge in [-0.1, -0.05) is 32.9 Å². The minimum Gasteiger partial charge on any atom is -0.256 e. The quantitative estimate of drug-likeness (QED) is 0.722. The van der Waals surface area contributed by atoms with Gasteiger partial charge in [-0.15, -0.1) is 11.6 Å². The third kappa shape index (κ3) is 3.23. The molecule has 1 unspecified atom stereocenters. The highest BCUT2D eigenvalue weighted by Gasteiger charge is 2.21. The molecule has 0 saturated carbocycles. The van der Waals surface area contributed by atoms with E-state index in [2.05, 4.69) is 50.0 Å². The number of rotatable bonds is 3. The van der Waals surface area contributed by atoms with E-state index in [1.807, 2.05) is 12.3 Å². The van der Waals surface area contributed by atoms with Gasteiger partial charge in [0.25, 0.3) is 0 Å². The van der Waals surface area contributed by atoms with Crippen LogP contribution >= 0.6 is 11.6 Å². The zero-order valence-electron chi connectivity index (χ0n) is 11.3. The average Bonchev–Trinajstić information content (AvgIpc) is 2.34. The molecule has 1 nitrogen and oxygen atoms in total. The van der Waals surface area contributed by atoms with Crippen LogP contribution in [0.1, 0.15) is 32.8 Å². The summed E-state index contributed by atoms with van der Waals surface area (Å²) >= 11 is 6.41. The van der Waals surface area contributed by atoms with E-state index in [1.165, 1.54) is 10.9 Å². The van der Waals surface area contributed by atoms with E-state index in [4.69, 9.17) is 11.6 Å². The summed E-state index contributed by atoms with van der Waals surface area (Å²) in [4.78, 5) is 4.33. The van der Waals surface area contributed by atoms with Crippen LogP contribution in [0.25, 0.3) is 10.9 Å². The van der Waals surface area contributed by atoms with Crippen molar-refractivity contribution in [3.05, 3.63) is 42.1 Å². The van der Waals surface area contributed by atoms with Crippen LogP contribution in [0.2, 0.25) is 0 Å². The molecule has 0 fully saturated rings. The maximum Gasteiger partial charge on any atom is 0.0702 e. The molecule has 1 aromatic carbocycles. The summed E-state index contributed by atoms with van der Waals surface area (Å²) in [7, 11) is 0. The number of hydrogen-bond acceptors (Lipinski definition) is 1. The molecule has 1 aromatic heterocycles. The lowest BCUT2D eigenvalue weighted by atomic mass is 9.88. The Kier molecular flexibility index (Phi) is 3.91. The SMILES string of the molecule is CC(C)(C)C(Cl)CCc1ccc2ncccc2c1. The van der Waals surface area contributed by atoms with Gasteiger partial charge in [0.05, 0.1) is 5.52 Å². The average molecular weight is 262 g/mol. The molecule has 0 radical (unpaired) electrons. The highest BCUT2D eigenvalue weighted by atomic mass is 35.5. The number of benzene rings is 1. The van der Waals surface area contributed by atoms with Crippen molar-refractivity contribution in [1.29, 1.82) is 0 Å². The summed E-state index contributed by atoms with van der Waals surface area (Å²) in [5.41, 5.74) is 2.56. The van der Waals surface area contributed by atoms with Crippen molar-refractivity contribution in [1.82, 2.24) is 4.98 Å². The first kappa shape index (κ1) is 13.4. The minimum absolute atomic E-state index is 0.167. The first-order valence-electron chi connectivity index (χ1n) is 6.44. The van der Waals surface area contributed by atoms with Crippen LogP contribution in [0, 0.1) is 5.41 Å². The molecule has 0 N–H and O–H groups in total. The van der Waals surface area contributed by atoms with Crippen LogP contribution in [-0.4, -0.2) is 10.4 Å². The number of fused-ring (bicyclic) bond motifs is 1. The molecule has 0 aliphatic carbocycles. The van der Waals surface area contributed by atoms with Gasteiger partial charge >= 0.3 is 0 Å². The lowest BCUT2D eigenvalue weighted by Gasteiger charge is -2.25.